The molecule has 1 atom stereocenters. The van der Waals surface area contributed by atoms with Gasteiger partial charge in [-0.05, 0) is 20.3 Å². The van der Waals surface area contributed by atoms with Gasteiger partial charge in [0.25, 0.3) is 0 Å². The molecule has 2 rings (SSSR count). The highest BCUT2D eigenvalue weighted by Crippen LogP contribution is 2.43. The summed E-state index contributed by atoms with van der Waals surface area (Å²) < 4.78 is 5.79. The van der Waals surface area contributed by atoms with Crippen molar-refractivity contribution in [1.29, 1.82) is 0 Å². The fourth-order valence-electron chi connectivity index (χ4n) is 2.18. The highest BCUT2D eigenvalue weighted by atomic mass is 16.5. The summed E-state index contributed by atoms with van der Waals surface area (Å²) in [6, 6.07) is 0. The molecule has 2 nitrogen and oxygen atoms in total. The Balaban J connectivity index is 2.37. The molecule has 1 unspecified atom stereocenters. The minimum atomic E-state index is -0.176. The van der Waals surface area contributed by atoms with Crippen LogP contribution < -0.4 is 0 Å². The van der Waals surface area contributed by atoms with Crippen molar-refractivity contribution in [3.05, 3.63) is 11.3 Å². The van der Waals surface area contributed by atoms with Gasteiger partial charge in [-0.15, -0.1) is 0 Å². The Morgan fingerprint density at radius 2 is 2.08 bits per heavy atom. The molecular formula is C11H16O2. The van der Waals surface area contributed by atoms with E-state index in [1.54, 1.807) is 0 Å². The number of allylic oxidation sites excluding steroid dienone is 1. The largest absolute Gasteiger partial charge is 0.491 e. The van der Waals surface area contributed by atoms with Gasteiger partial charge in [-0.25, -0.2) is 0 Å². The lowest BCUT2D eigenvalue weighted by atomic mass is 9.83. The van der Waals surface area contributed by atoms with Crippen LogP contribution in [0.2, 0.25) is 0 Å². The Labute approximate surface area is 79.0 Å². The maximum Gasteiger partial charge on any atom is 0.162 e. The third-order valence-corrected chi connectivity index (χ3v) is 3.27. The summed E-state index contributed by atoms with van der Waals surface area (Å²) in [4.78, 5) is 11.6. The Morgan fingerprint density at radius 3 is 2.69 bits per heavy atom. The van der Waals surface area contributed by atoms with E-state index in [4.69, 9.17) is 4.74 Å². The maximum atomic E-state index is 11.6. The second kappa shape index (κ2) is 2.60. The number of carbonyl (C=O) groups excluding carboxylic acids is 1. The molecule has 2 heteroatoms. The van der Waals surface area contributed by atoms with Crippen molar-refractivity contribution >= 4 is 5.78 Å². The van der Waals surface area contributed by atoms with Gasteiger partial charge in [0.2, 0.25) is 0 Å². The lowest BCUT2D eigenvalue weighted by molar-refractivity contribution is -0.116. The van der Waals surface area contributed by atoms with Gasteiger partial charge >= 0.3 is 0 Å². The van der Waals surface area contributed by atoms with Crippen LogP contribution in [0.5, 0.6) is 0 Å². The number of hydrogen-bond donors (Lipinski definition) is 0. The minimum absolute atomic E-state index is 0.176. The van der Waals surface area contributed by atoms with Gasteiger partial charge in [0.1, 0.15) is 11.4 Å². The van der Waals surface area contributed by atoms with Crippen LogP contribution in [-0.4, -0.2) is 11.4 Å². The summed E-state index contributed by atoms with van der Waals surface area (Å²) in [6.07, 6.45) is 2.62. The molecule has 0 amide bonds. The highest BCUT2D eigenvalue weighted by Gasteiger charge is 2.43. The fourth-order valence-corrected chi connectivity index (χ4v) is 2.18. The van der Waals surface area contributed by atoms with Crippen LogP contribution in [0.4, 0.5) is 0 Å². The molecule has 0 aromatic carbocycles. The van der Waals surface area contributed by atoms with Gasteiger partial charge in [0, 0.05) is 24.3 Å². The van der Waals surface area contributed by atoms with E-state index in [0.29, 0.717) is 12.2 Å². The molecule has 13 heavy (non-hydrogen) atoms. The third-order valence-electron chi connectivity index (χ3n) is 3.27. The lowest BCUT2D eigenvalue weighted by Crippen LogP contribution is -2.28. The topological polar surface area (TPSA) is 26.3 Å². The van der Waals surface area contributed by atoms with Gasteiger partial charge < -0.3 is 4.74 Å². The first-order valence-corrected chi connectivity index (χ1v) is 4.97. The molecule has 1 heterocycles. The number of carbonyl (C=O) groups is 1. The second-order valence-corrected chi connectivity index (χ2v) is 4.54. The van der Waals surface area contributed by atoms with Gasteiger partial charge in [-0.1, -0.05) is 6.92 Å². The zero-order valence-corrected chi connectivity index (χ0v) is 8.52. The number of ether oxygens (including phenoxy) is 1. The number of hydrogen-bond acceptors (Lipinski definition) is 2. The average Bonchev–Trinajstić information content (AvgIpc) is 2.24. The molecule has 0 saturated heterocycles. The third kappa shape index (κ3) is 1.19. The van der Waals surface area contributed by atoms with Crippen LogP contribution in [0.1, 0.15) is 40.0 Å². The Hall–Kier alpha value is -0.790. The summed E-state index contributed by atoms with van der Waals surface area (Å²) >= 11 is 0. The van der Waals surface area contributed by atoms with E-state index in [1.165, 1.54) is 0 Å². The zero-order valence-electron chi connectivity index (χ0n) is 8.52. The molecule has 0 aromatic rings. The molecule has 1 aliphatic heterocycles. The summed E-state index contributed by atoms with van der Waals surface area (Å²) in [7, 11) is 0. The number of ketones is 1. The predicted molar refractivity (Wildman–Crippen MR) is 50.2 cm³/mol. The van der Waals surface area contributed by atoms with E-state index in [2.05, 4.69) is 20.8 Å². The van der Waals surface area contributed by atoms with E-state index in [9.17, 15) is 4.79 Å². The van der Waals surface area contributed by atoms with Gasteiger partial charge in [0.05, 0.1) is 0 Å². The molecule has 0 saturated carbocycles. The maximum absolute atomic E-state index is 11.6. The Bertz CT molecular complexity index is 286. The highest BCUT2D eigenvalue weighted by molar-refractivity contribution is 5.97. The van der Waals surface area contributed by atoms with E-state index in [0.717, 1.165) is 24.2 Å². The van der Waals surface area contributed by atoms with Crippen LogP contribution in [-0.2, 0) is 9.53 Å². The van der Waals surface area contributed by atoms with Crippen LogP contribution >= 0.6 is 0 Å². The summed E-state index contributed by atoms with van der Waals surface area (Å²) in [5.41, 5.74) is 0.793. The van der Waals surface area contributed by atoms with Crippen molar-refractivity contribution in [2.24, 2.45) is 5.92 Å². The average molecular weight is 180 g/mol. The SMILES string of the molecule is CC1C2=C(CCCC2=O)OC1(C)C. The number of rotatable bonds is 0. The van der Waals surface area contributed by atoms with Gasteiger partial charge in [-0.3, -0.25) is 4.79 Å². The molecule has 0 bridgehead atoms. The lowest BCUT2D eigenvalue weighted by Gasteiger charge is -2.24. The van der Waals surface area contributed by atoms with Gasteiger partial charge in [-0.2, -0.15) is 0 Å². The van der Waals surface area contributed by atoms with Crippen molar-refractivity contribution in [3.8, 4) is 0 Å². The van der Waals surface area contributed by atoms with E-state index >= 15 is 0 Å². The van der Waals surface area contributed by atoms with Crippen molar-refractivity contribution in [2.45, 2.75) is 45.6 Å². The van der Waals surface area contributed by atoms with Crippen LogP contribution in [0.15, 0.2) is 11.3 Å². The normalized spacial score (nSPS) is 31.6. The van der Waals surface area contributed by atoms with Crippen LogP contribution in [0.25, 0.3) is 0 Å². The predicted octanol–water partition coefficient (Wildman–Crippen LogP) is 2.44. The quantitative estimate of drug-likeness (QED) is 0.572. The van der Waals surface area contributed by atoms with Crippen LogP contribution in [0.3, 0.4) is 0 Å². The van der Waals surface area contributed by atoms with Gasteiger partial charge in [0.15, 0.2) is 5.78 Å². The first-order valence-electron chi connectivity index (χ1n) is 4.97. The van der Waals surface area contributed by atoms with Crippen LogP contribution in [0, 0.1) is 5.92 Å². The van der Waals surface area contributed by atoms with E-state index in [-0.39, 0.29) is 11.5 Å². The molecule has 2 aliphatic rings. The van der Waals surface area contributed by atoms with Crippen molar-refractivity contribution < 1.29 is 9.53 Å². The first-order chi connectivity index (χ1) is 6.02. The molecule has 0 radical (unpaired) electrons. The fraction of sp³-hybridized carbons (Fsp3) is 0.727. The smallest absolute Gasteiger partial charge is 0.162 e. The summed E-state index contributed by atoms with van der Waals surface area (Å²) in [6.45, 7) is 6.21. The molecule has 0 fully saturated rings. The first kappa shape index (κ1) is 8.79. The summed E-state index contributed by atoms with van der Waals surface area (Å²) in [5, 5.41) is 0. The molecule has 0 spiro atoms. The summed E-state index contributed by atoms with van der Waals surface area (Å²) in [5.74, 6) is 1.53. The standard InChI is InChI=1S/C11H16O2/c1-7-10-8(12)5-4-6-9(10)13-11(7,2)3/h7H,4-6H2,1-3H3. The second-order valence-electron chi connectivity index (χ2n) is 4.54. The molecular weight excluding hydrogens is 164 g/mol. The van der Waals surface area contributed by atoms with E-state index < -0.39 is 0 Å². The van der Waals surface area contributed by atoms with E-state index in [1.807, 2.05) is 0 Å². The van der Waals surface area contributed by atoms with Crippen molar-refractivity contribution in [3.63, 3.8) is 0 Å². The monoisotopic (exact) mass is 180 g/mol. The zero-order chi connectivity index (χ0) is 9.64. The van der Waals surface area contributed by atoms with Crippen molar-refractivity contribution in [2.75, 3.05) is 0 Å². The number of Topliss-reactive ketones (excluding diaryl/α,β-unsaturated/α-hetero) is 1. The molecule has 0 aromatic heterocycles. The molecule has 0 N–H and O–H groups in total. The Kier molecular flexibility index (Phi) is 1.76. The minimum Gasteiger partial charge on any atom is -0.491 e. The molecule has 72 valence electrons. The molecule has 1 aliphatic carbocycles. The Morgan fingerprint density at radius 1 is 1.38 bits per heavy atom. The van der Waals surface area contributed by atoms with Crippen molar-refractivity contribution in [1.82, 2.24) is 0 Å².